The number of amides is 1. The average Bonchev–Trinajstić information content (AvgIpc) is 3.45. The Morgan fingerprint density at radius 2 is 1.81 bits per heavy atom. The minimum Gasteiger partial charge on any atom is -0.390 e. The Morgan fingerprint density at radius 1 is 1.06 bits per heavy atom. The van der Waals surface area contributed by atoms with Gasteiger partial charge in [-0.3, -0.25) is 14.1 Å². The van der Waals surface area contributed by atoms with Gasteiger partial charge in [0.1, 0.15) is 6.29 Å². The van der Waals surface area contributed by atoms with E-state index >= 15 is 0 Å². The second kappa shape index (κ2) is 19.0. The molecule has 0 aromatic heterocycles. The molecule has 0 saturated heterocycles. The summed E-state index contributed by atoms with van der Waals surface area (Å²) in [7, 11) is 1.65. The zero-order chi connectivity index (χ0) is 34.5. The number of aliphatic imine (C=N–C) groups is 1. The molecular formula is C34H46N4O5S4. The third-order valence-corrected chi connectivity index (χ3v) is 10.4. The predicted molar refractivity (Wildman–Crippen MR) is 203 cm³/mol. The zero-order valence-electron chi connectivity index (χ0n) is 27.6. The van der Waals surface area contributed by atoms with Crippen molar-refractivity contribution in [3.8, 4) is 0 Å². The predicted octanol–water partition coefficient (Wildman–Crippen LogP) is 7.72. The molecule has 13 heteroatoms. The Morgan fingerprint density at radius 3 is 2.51 bits per heavy atom. The van der Waals surface area contributed by atoms with E-state index < -0.39 is 5.41 Å². The van der Waals surface area contributed by atoms with Gasteiger partial charge in [0, 0.05) is 82.7 Å². The Balaban J connectivity index is 1.79. The summed E-state index contributed by atoms with van der Waals surface area (Å²) < 4.78 is 29.4. The van der Waals surface area contributed by atoms with Gasteiger partial charge in [0.2, 0.25) is 0 Å². The largest absolute Gasteiger partial charge is 0.390 e. The summed E-state index contributed by atoms with van der Waals surface area (Å²) in [5, 5.41) is 3.18. The highest BCUT2D eigenvalue weighted by atomic mass is 32.2. The number of anilines is 1. The minimum atomic E-state index is -0.400. The summed E-state index contributed by atoms with van der Waals surface area (Å²) in [6.45, 7) is 10.4. The first-order valence-corrected chi connectivity index (χ1v) is 19.0. The van der Waals surface area contributed by atoms with Gasteiger partial charge in [-0.2, -0.15) is 0 Å². The maximum atomic E-state index is 13.2. The Hall–Kier alpha value is -2.39. The number of nitrogens with zero attached hydrogens (tertiary/aromatic N) is 3. The number of hydrogen-bond donors (Lipinski definition) is 4. The molecule has 2 aliphatic heterocycles. The van der Waals surface area contributed by atoms with Crippen LogP contribution in [0.25, 0.3) is 0 Å². The molecule has 2 aliphatic rings. The van der Waals surface area contributed by atoms with E-state index in [1.165, 1.54) is 4.31 Å². The lowest BCUT2D eigenvalue weighted by molar-refractivity contribution is -0.121. The number of aldehydes is 1. The molecular weight excluding hydrogens is 673 g/mol. The van der Waals surface area contributed by atoms with Gasteiger partial charge in [-0.15, -0.1) is 0 Å². The van der Waals surface area contributed by atoms with Gasteiger partial charge in [-0.1, -0.05) is 45.9 Å². The van der Waals surface area contributed by atoms with Crippen molar-refractivity contribution in [2.45, 2.75) is 50.8 Å². The number of nitrogens with one attached hydrogen (secondary N) is 1. The summed E-state index contributed by atoms with van der Waals surface area (Å²) >= 11 is 3.55. The van der Waals surface area contributed by atoms with E-state index in [1.807, 2.05) is 42.5 Å². The minimum absolute atomic E-state index is 0.191. The second-order valence-electron chi connectivity index (χ2n) is 12.0. The smallest absolute Gasteiger partial charge is 0.264 e. The third kappa shape index (κ3) is 10.3. The van der Waals surface area contributed by atoms with Crippen LogP contribution in [0.4, 0.5) is 5.69 Å². The van der Waals surface area contributed by atoms with Crippen LogP contribution in [0.1, 0.15) is 46.1 Å². The van der Waals surface area contributed by atoms with Crippen molar-refractivity contribution in [1.29, 1.82) is 0 Å². The van der Waals surface area contributed by atoms with Crippen LogP contribution in [0, 0.1) is 5.41 Å². The van der Waals surface area contributed by atoms with Gasteiger partial charge in [0.05, 0.1) is 17.9 Å². The monoisotopic (exact) mass is 718 g/mol. The maximum Gasteiger partial charge on any atom is 0.264 e. The standard InChI is InChI=1S/C34H46N4O5S4/c1-33(2)26(21-25(23-35-15-9-18-45-41)32(40)37(5)44-20-17-39)24-36-30(33)11-7-6-8-12-31-34(3,4)28-22-27(47-43)13-14-29(28)38(31)16-10-19-46-42/h6-8,11-14,17,21-23,35,41-43H,9-10,15-16,18-20,24H2,1-5H3/b8-6+,11-7+,25-23+,26-21+,31-12+. The van der Waals surface area contributed by atoms with Crippen LogP contribution in [0.2, 0.25) is 0 Å². The Kier molecular flexibility index (Phi) is 15.8. The van der Waals surface area contributed by atoms with Crippen molar-refractivity contribution in [2.75, 3.05) is 48.8 Å². The van der Waals surface area contributed by atoms with Gasteiger partial charge >= 0.3 is 0 Å². The second-order valence-corrected chi connectivity index (χ2v) is 15.2. The molecule has 2 heterocycles. The molecule has 1 aromatic rings. The third-order valence-electron chi connectivity index (χ3n) is 8.19. The highest BCUT2D eigenvalue weighted by Gasteiger charge is 2.40. The molecule has 0 aliphatic carbocycles. The van der Waals surface area contributed by atoms with Crippen LogP contribution < -0.4 is 10.2 Å². The van der Waals surface area contributed by atoms with Gasteiger partial charge in [0.25, 0.3) is 5.91 Å². The number of fused-ring (bicyclic) bond motifs is 1. The first-order chi connectivity index (χ1) is 22.5. The van der Waals surface area contributed by atoms with E-state index in [1.54, 1.807) is 13.2 Å². The number of rotatable bonds is 18. The Bertz CT molecular complexity index is 1440. The maximum absolute atomic E-state index is 13.2. The van der Waals surface area contributed by atoms with Crippen LogP contribution in [0.5, 0.6) is 0 Å². The fourth-order valence-corrected chi connectivity index (χ4v) is 6.81. The van der Waals surface area contributed by atoms with Gasteiger partial charge in [-0.05, 0) is 96.4 Å². The van der Waals surface area contributed by atoms with Crippen molar-refractivity contribution < 1.29 is 23.2 Å². The molecule has 0 fully saturated rings. The number of benzene rings is 1. The van der Waals surface area contributed by atoms with Crippen LogP contribution in [0.15, 0.2) is 87.6 Å². The molecule has 0 spiro atoms. The summed E-state index contributed by atoms with van der Waals surface area (Å²) in [4.78, 5) is 32.0. The van der Waals surface area contributed by atoms with Crippen molar-refractivity contribution in [3.63, 3.8) is 0 Å². The molecule has 0 atom stereocenters. The molecule has 0 radical (unpaired) electrons. The molecule has 0 unspecified atom stereocenters. The van der Waals surface area contributed by atoms with E-state index in [4.69, 9.17) is 9.55 Å². The number of carbonyl (C=O) groups is 2. The first kappa shape index (κ1) is 39.1. The van der Waals surface area contributed by atoms with Crippen molar-refractivity contribution in [3.05, 3.63) is 83.3 Å². The zero-order valence-corrected chi connectivity index (χ0v) is 30.9. The fourth-order valence-electron chi connectivity index (χ4n) is 5.47. The lowest BCUT2D eigenvalue weighted by Gasteiger charge is -2.27. The van der Waals surface area contributed by atoms with Gasteiger partial charge < -0.3 is 28.7 Å². The number of hydrogen-bond acceptors (Lipinski definition) is 12. The SMILES string of the molecule is CN(SCC=O)C(=O)C(/C=C1\CN=C(/C=C/C=C/C=C2/N(CCCSO)c3ccc(SO)cc3C2(C)C)C1(C)C)=C/NCCCSO. The molecule has 47 heavy (non-hydrogen) atoms. The molecule has 1 aromatic carbocycles. The summed E-state index contributed by atoms with van der Waals surface area (Å²) in [5.41, 5.74) is 5.15. The van der Waals surface area contributed by atoms with E-state index in [9.17, 15) is 18.7 Å². The van der Waals surface area contributed by atoms with Crippen LogP contribution >= 0.6 is 48.1 Å². The molecule has 0 saturated carbocycles. The molecule has 1 amide bonds. The van der Waals surface area contributed by atoms with E-state index in [0.717, 1.165) is 107 Å². The first-order valence-electron chi connectivity index (χ1n) is 15.4. The molecule has 0 bridgehead atoms. The van der Waals surface area contributed by atoms with Crippen molar-refractivity contribution in [1.82, 2.24) is 9.62 Å². The summed E-state index contributed by atoms with van der Waals surface area (Å²) in [6, 6.07) is 6.03. The fraction of sp³-hybridized carbons (Fsp3) is 0.441. The van der Waals surface area contributed by atoms with E-state index in [2.05, 4.69) is 50.1 Å². The molecule has 256 valence electrons. The topological polar surface area (TPSA) is 126 Å². The lowest BCUT2D eigenvalue weighted by atomic mass is 9.81. The van der Waals surface area contributed by atoms with Gasteiger partial charge in [-0.25, -0.2) is 0 Å². The lowest BCUT2D eigenvalue weighted by Crippen LogP contribution is -2.27. The van der Waals surface area contributed by atoms with Gasteiger partial charge in [0.15, 0.2) is 0 Å². The van der Waals surface area contributed by atoms with Crippen LogP contribution in [0.3, 0.4) is 0 Å². The molecule has 4 N–H and O–H groups in total. The van der Waals surface area contributed by atoms with Crippen molar-refractivity contribution >= 4 is 71.7 Å². The Labute approximate surface area is 296 Å². The van der Waals surface area contributed by atoms with E-state index in [-0.39, 0.29) is 17.1 Å². The summed E-state index contributed by atoms with van der Waals surface area (Å²) in [6.07, 6.45) is 16.1. The number of allylic oxidation sites excluding steroid dienone is 6. The number of carbonyl (C=O) groups excluding carboxylic acids is 2. The van der Waals surface area contributed by atoms with Crippen molar-refractivity contribution in [2.24, 2.45) is 10.4 Å². The van der Waals surface area contributed by atoms with E-state index in [0.29, 0.717) is 30.2 Å². The molecule has 9 nitrogen and oxygen atoms in total. The summed E-state index contributed by atoms with van der Waals surface area (Å²) in [5.74, 6) is 1.23. The highest BCUT2D eigenvalue weighted by Crippen LogP contribution is 2.48. The average molecular weight is 719 g/mol. The quantitative estimate of drug-likeness (QED) is 0.0298. The highest BCUT2D eigenvalue weighted by molar-refractivity contribution is 7.98. The van der Waals surface area contributed by atoms with Crippen LogP contribution in [-0.2, 0) is 15.0 Å². The number of likely N-dealkylation sites (N-methyl/N-ethyl adjacent to an activating group) is 1. The van der Waals surface area contributed by atoms with Crippen LogP contribution in [-0.4, -0.2) is 79.8 Å². The normalized spacial score (nSPS) is 18.9. The molecule has 3 rings (SSSR count).